The summed E-state index contributed by atoms with van der Waals surface area (Å²) >= 11 is 0. The molecule has 1 aromatic carbocycles. The molecule has 3 amide bonds. The molecule has 1 unspecified atom stereocenters. The van der Waals surface area contributed by atoms with Crippen molar-refractivity contribution in [1.82, 2.24) is 9.80 Å². The number of urea groups is 1. The minimum absolute atomic E-state index is 0.0533. The average molecular weight is 369 g/mol. The van der Waals surface area contributed by atoms with Gasteiger partial charge in [-0.05, 0) is 37.1 Å². The van der Waals surface area contributed by atoms with Crippen LogP contribution in [0.4, 0.5) is 23.7 Å². The predicted molar refractivity (Wildman–Crippen MR) is 90.6 cm³/mol. The maximum absolute atomic E-state index is 12.6. The zero-order valence-electron chi connectivity index (χ0n) is 14.6. The van der Waals surface area contributed by atoms with Crippen molar-refractivity contribution in [3.63, 3.8) is 0 Å². The molecule has 0 aliphatic carbocycles. The second kappa shape index (κ2) is 6.81. The summed E-state index contributed by atoms with van der Waals surface area (Å²) in [6.45, 7) is 4.38. The third kappa shape index (κ3) is 3.78. The van der Waals surface area contributed by atoms with Gasteiger partial charge in [0, 0.05) is 43.7 Å². The lowest BCUT2D eigenvalue weighted by Crippen LogP contribution is -2.37. The summed E-state index contributed by atoms with van der Waals surface area (Å²) in [4.78, 5) is 27.8. The van der Waals surface area contributed by atoms with Crippen LogP contribution in [0, 0.1) is 5.41 Å². The van der Waals surface area contributed by atoms with Crippen molar-refractivity contribution in [2.24, 2.45) is 5.41 Å². The van der Waals surface area contributed by atoms with E-state index in [1.54, 1.807) is 4.90 Å². The monoisotopic (exact) mass is 369 g/mol. The number of nitrogens with zero attached hydrogens (tertiary/aromatic N) is 2. The molecule has 1 N–H and O–H groups in total. The summed E-state index contributed by atoms with van der Waals surface area (Å²) in [5, 5.41) is 2.65. The standard InChI is InChI=1S/C18H22F3N3O2/c1-2-15(25)23-9-7-17(11-23)8-10-24(12-17)16(26)22-14-5-3-13(4-6-14)18(19,20)21/h3-6H,2,7-12H2,1H3,(H,22,26). The van der Waals surface area contributed by atoms with Crippen molar-refractivity contribution in [2.45, 2.75) is 32.4 Å². The highest BCUT2D eigenvalue weighted by molar-refractivity contribution is 5.89. The first-order valence-corrected chi connectivity index (χ1v) is 8.73. The molecule has 1 aromatic rings. The largest absolute Gasteiger partial charge is 0.416 e. The number of alkyl halides is 3. The van der Waals surface area contributed by atoms with Gasteiger partial charge in [-0.15, -0.1) is 0 Å². The molecule has 3 rings (SSSR count). The van der Waals surface area contributed by atoms with E-state index in [0.717, 1.165) is 31.5 Å². The van der Waals surface area contributed by atoms with Crippen LogP contribution in [0.3, 0.4) is 0 Å². The second-order valence-electron chi connectivity index (χ2n) is 7.10. The van der Waals surface area contributed by atoms with Crippen molar-refractivity contribution >= 4 is 17.6 Å². The minimum Gasteiger partial charge on any atom is -0.342 e. The molecule has 5 nitrogen and oxygen atoms in total. The fraction of sp³-hybridized carbons (Fsp3) is 0.556. The number of carbonyl (C=O) groups is 2. The molecule has 1 spiro atoms. The molecule has 2 heterocycles. The predicted octanol–water partition coefficient (Wildman–Crippen LogP) is 3.57. The van der Waals surface area contributed by atoms with Crippen molar-refractivity contribution in [1.29, 1.82) is 0 Å². The number of carbonyl (C=O) groups excluding carboxylic acids is 2. The van der Waals surface area contributed by atoms with Gasteiger partial charge in [0.1, 0.15) is 0 Å². The van der Waals surface area contributed by atoms with E-state index in [-0.39, 0.29) is 17.4 Å². The first-order valence-electron chi connectivity index (χ1n) is 8.73. The van der Waals surface area contributed by atoms with Gasteiger partial charge >= 0.3 is 12.2 Å². The second-order valence-corrected chi connectivity index (χ2v) is 7.10. The third-order valence-corrected chi connectivity index (χ3v) is 5.28. The number of benzene rings is 1. The van der Waals surface area contributed by atoms with E-state index in [1.165, 1.54) is 12.1 Å². The highest BCUT2D eigenvalue weighted by Crippen LogP contribution is 2.40. The molecule has 0 radical (unpaired) electrons. The van der Waals surface area contributed by atoms with Gasteiger partial charge in [0.2, 0.25) is 5.91 Å². The number of hydrogen-bond acceptors (Lipinski definition) is 2. The smallest absolute Gasteiger partial charge is 0.342 e. The van der Waals surface area contributed by atoms with Crippen LogP contribution in [0.5, 0.6) is 0 Å². The van der Waals surface area contributed by atoms with Gasteiger partial charge in [-0.2, -0.15) is 13.2 Å². The number of amides is 3. The Labute approximate surface area is 150 Å². The fourth-order valence-corrected chi connectivity index (χ4v) is 3.76. The van der Waals surface area contributed by atoms with Crippen LogP contribution in [0.2, 0.25) is 0 Å². The van der Waals surface area contributed by atoms with Crippen molar-refractivity contribution in [3.8, 4) is 0 Å². The molecule has 0 bridgehead atoms. The Bertz CT molecular complexity index is 690. The van der Waals surface area contributed by atoms with E-state index in [1.807, 2.05) is 11.8 Å². The summed E-state index contributed by atoms with van der Waals surface area (Å²) < 4.78 is 37.8. The Hall–Kier alpha value is -2.25. The first-order chi connectivity index (χ1) is 12.2. The quantitative estimate of drug-likeness (QED) is 0.867. The number of halogens is 3. The van der Waals surface area contributed by atoms with Crippen LogP contribution in [0.25, 0.3) is 0 Å². The summed E-state index contributed by atoms with van der Waals surface area (Å²) in [7, 11) is 0. The summed E-state index contributed by atoms with van der Waals surface area (Å²) in [5.74, 6) is 0.134. The topological polar surface area (TPSA) is 52.7 Å². The maximum atomic E-state index is 12.6. The van der Waals surface area contributed by atoms with Gasteiger partial charge in [0.05, 0.1) is 5.56 Å². The van der Waals surface area contributed by atoms with E-state index < -0.39 is 11.7 Å². The van der Waals surface area contributed by atoms with Crippen LogP contribution in [0.1, 0.15) is 31.7 Å². The van der Waals surface area contributed by atoms with E-state index in [4.69, 9.17) is 0 Å². The Morgan fingerprint density at radius 2 is 1.65 bits per heavy atom. The third-order valence-electron chi connectivity index (χ3n) is 5.28. The van der Waals surface area contributed by atoms with Gasteiger partial charge in [0.25, 0.3) is 0 Å². The zero-order valence-corrected chi connectivity index (χ0v) is 14.6. The normalized spacial score (nSPS) is 22.9. The van der Waals surface area contributed by atoms with Crippen molar-refractivity contribution < 1.29 is 22.8 Å². The number of rotatable bonds is 2. The Morgan fingerprint density at radius 3 is 2.23 bits per heavy atom. The molecule has 0 saturated carbocycles. The summed E-state index contributed by atoms with van der Waals surface area (Å²) in [6.07, 6.45) is -2.20. The lowest BCUT2D eigenvalue weighted by Gasteiger charge is -2.24. The summed E-state index contributed by atoms with van der Waals surface area (Å²) in [6, 6.07) is 4.09. The Morgan fingerprint density at radius 1 is 1.08 bits per heavy atom. The van der Waals surface area contributed by atoms with Gasteiger partial charge in [-0.3, -0.25) is 4.79 Å². The SMILES string of the molecule is CCC(=O)N1CCC2(CCN(C(=O)Nc3ccc(C(F)(F)F)cc3)C2)C1. The Kier molecular flexibility index (Phi) is 4.86. The molecule has 2 saturated heterocycles. The fourth-order valence-electron chi connectivity index (χ4n) is 3.76. The molecular formula is C18H22F3N3O2. The molecule has 2 aliphatic rings. The lowest BCUT2D eigenvalue weighted by molar-refractivity contribution is -0.137. The minimum atomic E-state index is -4.39. The molecule has 2 fully saturated rings. The van der Waals surface area contributed by atoms with E-state index in [2.05, 4.69) is 5.32 Å². The van der Waals surface area contributed by atoms with Gasteiger partial charge < -0.3 is 15.1 Å². The van der Waals surface area contributed by atoms with Crippen molar-refractivity contribution in [3.05, 3.63) is 29.8 Å². The van der Waals surface area contributed by atoms with Gasteiger partial charge in [-0.1, -0.05) is 6.92 Å². The van der Waals surface area contributed by atoms with E-state index in [9.17, 15) is 22.8 Å². The number of hydrogen-bond donors (Lipinski definition) is 1. The molecule has 26 heavy (non-hydrogen) atoms. The molecule has 0 aromatic heterocycles. The molecule has 8 heteroatoms. The Balaban J connectivity index is 1.58. The van der Waals surface area contributed by atoms with Crippen LogP contribution >= 0.6 is 0 Å². The highest BCUT2D eigenvalue weighted by Gasteiger charge is 2.45. The van der Waals surface area contributed by atoms with Crippen molar-refractivity contribution in [2.75, 3.05) is 31.5 Å². The van der Waals surface area contributed by atoms with E-state index >= 15 is 0 Å². The van der Waals surface area contributed by atoms with Gasteiger partial charge in [0.15, 0.2) is 0 Å². The summed E-state index contributed by atoms with van der Waals surface area (Å²) in [5.41, 5.74) is -0.470. The molecule has 2 aliphatic heterocycles. The number of nitrogens with one attached hydrogen (secondary N) is 1. The van der Waals surface area contributed by atoms with E-state index in [0.29, 0.717) is 31.7 Å². The van der Waals surface area contributed by atoms with Crippen LogP contribution < -0.4 is 5.32 Å². The highest BCUT2D eigenvalue weighted by atomic mass is 19.4. The first kappa shape index (κ1) is 18.5. The average Bonchev–Trinajstić information content (AvgIpc) is 3.21. The van der Waals surface area contributed by atoms with Crippen LogP contribution in [-0.4, -0.2) is 47.9 Å². The molecule has 1 atom stereocenters. The zero-order chi connectivity index (χ0) is 18.9. The van der Waals surface area contributed by atoms with Crippen LogP contribution in [-0.2, 0) is 11.0 Å². The number of anilines is 1. The maximum Gasteiger partial charge on any atom is 0.416 e. The molecule has 142 valence electrons. The number of likely N-dealkylation sites (tertiary alicyclic amines) is 2. The van der Waals surface area contributed by atoms with Gasteiger partial charge in [-0.25, -0.2) is 4.79 Å². The van der Waals surface area contributed by atoms with Crippen LogP contribution in [0.15, 0.2) is 24.3 Å². The lowest BCUT2D eigenvalue weighted by atomic mass is 9.86. The molecular weight excluding hydrogens is 347 g/mol.